The fourth-order valence-electron chi connectivity index (χ4n) is 5.58. The molecule has 2 aromatic heterocycles. The van der Waals surface area contributed by atoms with E-state index in [0.29, 0.717) is 17.5 Å². The molecule has 5 N–H and O–H groups in total. The van der Waals surface area contributed by atoms with Gasteiger partial charge in [-0.1, -0.05) is 42.5 Å². The number of aliphatic hydroxyl groups is 3. The maximum atomic E-state index is 10.7. The predicted molar refractivity (Wildman–Crippen MR) is 149 cm³/mol. The van der Waals surface area contributed by atoms with Crippen LogP contribution in [0.1, 0.15) is 24.8 Å². The summed E-state index contributed by atoms with van der Waals surface area (Å²) in [6, 6.07) is 18.6. The monoisotopic (exact) mass is 530 g/mol. The molecule has 204 valence electrons. The Morgan fingerprint density at radius 2 is 1.77 bits per heavy atom. The normalized spacial score (nSPS) is 24.7. The van der Waals surface area contributed by atoms with Gasteiger partial charge in [0.05, 0.1) is 12.0 Å². The minimum atomic E-state index is -1.22. The second kappa shape index (κ2) is 11.0. The third-order valence-corrected chi connectivity index (χ3v) is 7.84. The first-order chi connectivity index (χ1) is 19.0. The smallest absolute Gasteiger partial charge is 0.164 e. The van der Waals surface area contributed by atoms with Gasteiger partial charge in [0.15, 0.2) is 6.23 Å². The summed E-state index contributed by atoms with van der Waals surface area (Å²) in [7, 11) is 0. The summed E-state index contributed by atoms with van der Waals surface area (Å²) >= 11 is 0. The number of nitrogens with one attached hydrogen (secondary N) is 2. The van der Waals surface area contributed by atoms with Gasteiger partial charge < -0.3 is 35.3 Å². The maximum Gasteiger partial charge on any atom is 0.164 e. The molecule has 4 aromatic rings. The first kappa shape index (κ1) is 25.9. The van der Waals surface area contributed by atoms with Gasteiger partial charge >= 0.3 is 0 Å². The number of aromatic nitrogens is 3. The maximum absolute atomic E-state index is 10.7. The zero-order valence-electron chi connectivity index (χ0n) is 21.8. The topological polar surface area (TPSA) is 128 Å². The number of ether oxygens (including phenoxy) is 1. The lowest BCUT2D eigenvalue weighted by molar-refractivity contribution is -0.0508. The van der Waals surface area contributed by atoms with Crippen molar-refractivity contribution in [2.45, 2.75) is 37.5 Å². The lowest BCUT2D eigenvalue weighted by Crippen LogP contribution is -2.44. The van der Waals surface area contributed by atoms with E-state index in [4.69, 9.17) is 4.74 Å². The number of rotatable bonds is 7. The van der Waals surface area contributed by atoms with Crippen LogP contribution in [0.15, 0.2) is 67.1 Å². The van der Waals surface area contributed by atoms with Gasteiger partial charge in [-0.25, -0.2) is 9.97 Å². The summed E-state index contributed by atoms with van der Waals surface area (Å²) in [6.07, 6.45) is -0.900. The van der Waals surface area contributed by atoms with Crippen molar-refractivity contribution in [3.63, 3.8) is 0 Å². The lowest BCUT2D eigenvalue weighted by atomic mass is 10.1. The summed E-state index contributed by atoms with van der Waals surface area (Å²) in [5.41, 5.74) is 4.51. The lowest BCUT2D eigenvalue weighted by Gasteiger charge is -2.33. The van der Waals surface area contributed by atoms with Gasteiger partial charge in [-0.3, -0.25) is 4.90 Å². The first-order valence-electron chi connectivity index (χ1n) is 13.4. The van der Waals surface area contributed by atoms with Crippen LogP contribution in [0.5, 0.6) is 0 Å². The number of piperazine rings is 1. The van der Waals surface area contributed by atoms with E-state index >= 15 is 0 Å². The van der Waals surface area contributed by atoms with Crippen LogP contribution in [-0.4, -0.2) is 85.9 Å². The van der Waals surface area contributed by atoms with E-state index in [1.165, 1.54) is 11.9 Å². The molecule has 0 aliphatic carbocycles. The molecule has 0 radical (unpaired) electrons. The Hall–Kier alpha value is -3.38. The number of aliphatic hydroxyl groups excluding tert-OH is 3. The van der Waals surface area contributed by atoms with Crippen LogP contribution in [0, 0.1) is 0 Å². The van der Waals surface area contributed by atoms with Crippen LogP contribution in [0.3, 0.4) is 0 Å². The average molecular weight is 531 g/mol. The second-order valence-electron chi connectivity index (χ2n) is 10.2. The van der Waals surface area contributed by atoms with Crippen molar-refractivity contribution in [3.8, 4) is 11.1 Å². The van der Waals surface area contributed by atoms with Gasteiger partial charge in [0.1, 0.15) is 36.1 Å². The van der Waals surface area contributed by atoms with Crippen molar-refractivity contribution in [1.82, 2.24) is 24.8 Å². The fourth-order valence-corrected chi connectivity index (χ4v) is 5.58. The van der Waals surface area contributed by atoms with Crippen LogP contribution in [0.2, 0.25) is 0 Å². The molecule has 0 spiro atoms. The van der Waals surface area contributed by atoms with Crippen molar-refractivity contribution in [2.24, 2.45) is 0 Å². The van der Waals surface area contributed by atoms with E-state index in [1.54, 1.807) is 4.57 Å². The SMILES string of the molecule is CC(c1ccc(Nc2ncnc3c2c(-c2ccccc2)cn3[C@@H]2O[C@@H](CO)[C@@H](O)[C@H]2O)cc1)N1CCNCC1. The minimum Gasteiger partial charge on any atom is -0.394 e. The third kappa shape index (κ3) is 4.91. The Balaban J connectivity index is 1.36. The summed E-state index contributed by atoms with van der Waals surface area (Å²) in [4.78, 5) is 11.6. The van der Waals surface area contributed by atoms with E-state index in [2.05, 4.69) is 56.7 Å². The number of hydrogen-bond donors (Lipinski definition) is 5. The highest BCUT2D eigenvalue weighted by molar-refractivity contribution is 6.02. The van der Waals surface area contributed by atoms with E-state index in [0.717, 1.165) is 48.4 Å². The summed E-state index contributed by atoms with van der Waals surface area (Å²) in [5, 5.41) is 38.4. The number of nitrogens with zero attached hydrogens (tertiary/aromatic N) is 4. The second-order valence-corrected chi connectivity index (χ2v) is 10.2. The van der Waals surface area contributed by atoms with Gasteiger partial charge in [0.25, 0.3) is 0 Å². The van der Waals surface area contributed by atoms with Crippen molar-refractivity contribution in [1.29, 1.82) is 0 Å². The van der Waals surface area contributed by atoms with Crippen LogP contribution in [0.4, 0.5) is 11.5 Å². The highest BCUT2D eigenvalue weighted by Crippen LogP contribution is 2.39. The van der Waals surface area contributed by atoms with Crippen molar-refractivity contribution >= 4 is 22.5 Å². The van der Waals surface area contributed by atoms with Gasteiger partial charge in [-0.05, 0) is 30.2 Å². The Bertz CT molecular complexity index is 1410. The molecular weight excluding hydrogens is 496 g/mol. The molecule has 2 saturated heterocycles. The van der Waals surface area contributed by atoms with Gasteiger partial charge in [0, 0.05) is 49.7 Å². The molecule has 2 fully saturated rings. The fraction of sp³-hybridized carbons (Fsp3) is 0.379. The first-order valence-corrected chi connectivity index (χ1v) is 13.4. The highest BCUT2D eigenvalue weighted by Gasteiger charge is 2.44. The quantitative estimate of drug-likeness (QED) is 0.245. The summed E-state index contributed by atoms with van der Waals surface area (Å²) in [5.74, 6) is 0.618. The molecule has 4 heterocycles. The van der Waals surface area contributed by atoms with Crippen LogP contribution in [0.25, 0.3) is 22.2 Å². The molecule has 2 aliphatic rings. The molecule has 39 heavy (non-hydrogen) atoms. The van der Waals surface area contributed by atoms with E-state index < -0.39 is 31.1 Å². The van der Waals surface area contributed by atoms with E-state index in [-0.39, 0.29) is 0 Å². The van der Waals surface area contributed by atoms with Gasteiger partial charge in [0.2, 0.25) is 0 Å². The molecule has 0 saturated carbocycles. The average Bonchev–Trinajstić information content (AvgIpc) is 3.51. The molecule has 5 atom stereocenters. The zero-order chi connectivity index (χ0) is 26.9. The largest absolute Gasteiger partial charge is 0.394 e. The molecule has 10 heteroatoms. The molecule has 6 rings (SSSR count). The van der Waals surface area contributed by atoms with E-state index in [1.807, 2.05) is 36.5 Å². The highest BCUT2D eigenvalue weighted by atomic mass is 16.6. The Morgan fingerprint density at radius 1 is 1.03 bits per heavy atom. The van der Waals surface area contributed by atoms with Gasteiger partial charge in [-0.2, -0.15) is 0 Å². The third-order valence-electron chi connectivity index (χ3n) is 7.84. The van der Waals surface area contributed by atoms with Crippen LogP contribution >= 0.6 is 0 Å². The predicted octanol–water partition coefficient (Wildman–Crippen LogP) is 2.42. The number of hydrogen-bond acceptors (Lipinski definition) is 9. The Morgan fingerprint density at radius 3 is 2.46 bits per heavy atom. The standard InChI is InChI=1S/C29H34N6O4/c1-18(34-13-11-30-12-14-34)19-7-9-21(10-8-19)33-27-24-22(20-5-3-2-4-6-20)15-35(28(24)32-17-31-27)29-26(38)25(37)23(16-36)39-29/h2-10,15,17-18,23,25-26,29-30,36-38H,11-14,16H2,1H3,(H,31,32,33)/t18?,23-,25+,26+,29+/m0/s1. The van der Waals surface area contributed by atoms with Crippen LogP contribution < -0.4 is 10.6 Å². The Labute approximate surface area is 226 Å². The van der Waals surface area contributed by atoms with Crippen molar-refractivity contribution in [2.75, 3.05) is 38.1 Å². The molecular formula is C29H34N6O4. The molecule has 10 nitrogen and oxygen atoms in total. The molecule has 2 aromatic carbocycles. The molecule has 2 aliphatic heterocycles. The molecule has 1 unspecified atom stereocenters. The van der Waals surface area contributed by atoms with E-state index in [9.17, 15) is 15.3 Å². The summed E-state index contributed by atoms with van der Waals surface area (Å²) in [6.45, 7) is 5.95. The molecule has 0 bridgehead atoms. The number of benzene rings is 2. The van der Waals surface area contributed by atoms with Crippen molar-refractivity contribution in [3.05, 3.63) is 72.7 Å². The Kier molecular flexibility index (Phi) is 7.30. The van der Waals surface area contributed by atoms with Crippen molar-refractivity contribution < 1.29 is 20.1 Å². The number of fused-ring (bicyclic) bond motifs is 1. The minimum absolute atomic E-state index is 0.335. The summed E-state index contributed by atoms with van der Waals surface area (Å²) < 4.78 is 7.56. The zero-order valence-corrected chi connectivity index (χ0v) is 21.8. The van der Waals surface area contributed by atoms with Gasteiger partial charge in [-0.15, -0.1) is 0 Å². The van der Waals surface area contributed by atoms with Crippen LogP contribution in [-0.2, 0) is 4.74 Å². The number of anilines is 2. The molecule has 0 amide bonds.